The predicted molar refractivity (Wildman–Crippen MR) is 90.1 cm³/mol. The number of aryl methyl sites for hydroxylation is 1. The molecule has 3 heterocycles. The third kappa shape index (κ3) is 1.78. The van der Waals surface area contributed by atoms with Crippen LogP contribution in [0.5, 0.6) is 0 Å². The maximum Gasteiger partial charge on any atom is 0.0858 e. The smallest absolute Gasteiger partial charge is 0.0858 e. The van der Waals surface area contributed by atoms with Gasteiger partial charge in [0.25, 0.3) is 0 Å². The van der Waals surface area contributed by atoms with Gasteiger partial charge in [-0.25, -0.2) is 0 Å². The topological polar surface area (TPSA) is 34.4 Å². The second kappa shape index (κ2) is 4.70. The minimum Gasteiger partial charge on any atom is -0.392 e. The van der Waals surface area contributed by atoms with E-state index in [9.17, 15) is 5.11 Å². The molecule has 0 radical (unpaired) electrons. The van der Waals surface area contributed by atoms with Crippen molar-refractivity contribution in [3.8, 4) is 11.1 Å². The molecule has 2 aromatic carbocycles. The van der Waals surface area contributed by atoms with Crippen LogP contribution in [0.15, 0.2) is 42.6 Å². The standard InChI is InChI=1S/C20H19NO2/c1-21-9-8-14-15(13-4-2-12(11-22)3-5-13)10-16-17-6-7-18(23-17)19(16)20(14)21/h2-5,8-10,17-18,22H,6-7,11H2,1H3. The van der Waals surface area contributed by atoms with E-state index in [2.05, 4.69) is 42.1 Å². The van der Waals surface area contributed by atoms with Crippen molar-refractivity contribution in [2.75, 3.05) is 0 Å². The first-order chi connectivity index (χ1) is 11.3. The Bertz CT molecular complexity index is 908. The quantitative estimate of drug-likeness (QED) is 0.768. The van der Waals surface area contributed by atoms with Gasteiger partial charge in [-0.15, -0.1) is 0 Å². The van der Waals surface area contributed by atoms with Crippen LogP contribution in [-0.4, -0.2) is 9.67 Å². The Balaban J connectivity index is 1.79. The number of fused-ring (bicyclic) bond motifs is 7. The molecule has 23 heavy (non-hydrogen) atoms. The molecule has 2 aliphatic heterocycles. The molecule has 2 atom stereocenters. The summed E-state index contributed by atoms with van der Waals surface area (Å²) in [5.74, 6) is 0. The van der Waals surface area contributed by atoms with Crippen molar-refractivity contribution in [1.82, 2.24) is 4.57 Å². The molecule has 116 valence electrons. The van der Waals surface area contributed by atoms with Crippen LogP contribution in [0.2, 0.25) is 0 Å². The van der Waals surface area contributed by atoms with Gasteiger partial charge in [-0.2, -0.15) is 0 Å². The molecular weight excluding hydrogens is 286 g/mol. The fraction of sp³-hybridized carbons (Fsp3) is 0.300. The first-order valence-electron chi connectivity index (χ1n) is 8.23. The highest BCUT2D eigenvalue weighted by molar-refractivity contribution is 5.99. The van der Waals surface area contributed by atoms with Crippen LogP contribution >= 0.6 is 0 Å². The summed E-state index contributed by atoms with van der Waals surface area (Å²) < 4.78 is 8.38. The zero-order valence-corrected chi connectivity index (χ0v) is 13.1. The number of nitrogens with zero attached hydrogens (tertiary/aromatic N) is 1. The first-order valence-corrected chi connectivity index (χ1v) is 8.23. The normalized spacial score (nSPS) is 22.0. The van der Waals surface area contributed by atoms with E-state index in [1.54, 1.807) is 0 Å². The number of aromatic nitrogens is 1. The van der Waals surface area contributed by atoms with Gasteiger partial charge in [0.1, 0.15) is 0 Å². The highest BCUT2D eigenvalue weighted by Crippen LogP contribution is 2.54. The molecule has 2 aliphatic rings. The molecule has 0 amide bonds. The molecule has 1 fully saturated rings. The summed E-state index contributed by atoms with van der Waals surface area (Å²) in [5, 5.41) is 10.5. The molecule has 3 heteroatoms. The van der Waals surface area contributed by atoms with Crippen molar-refractivity contribution >= 4 is 10.9 Å². The zero-order valence-electron chi connectivity index (χ0n) is 13.1. The molecular formula is C20H19NO2. The van der Waals surface area contributed by atoms with E-state index in [1.807, 2.05) is 12.1 Å². The van der Waals surface area contributed by atoms with Gasteiger partial charge < -0.3 is 14.4 Å². The Morgan fingerprint density at radius 1 is 1.13 bits per heavy atom. The summed E-state index contributed by atoms with van der Waals surface area (Å²) >= 11 is 0. The summed E-state index contributed by atoms with van der Waals surface area (Å²) in [6, 6.07) is 12.7. The number of aliphatic hydroxyl groups excluding tert-OH is 1. The largest absolute Gasteiger partial charge is 0.392 e. The second-order valence-corrected chi connectivity index (χ2v) is 6.66. The number of aliphatic hydroxyl groups is 1. The minimum atomic E-state index is 0.0861. The van der Waals surface area contributed by atoms with Crippen molar-refractivity contribution in [3.63, 3.8) is 0 Å². The average Bonchev–Trinajstić information content (AvgIpc) is 3.29. The second-order valence-electron chi connectivity index (χ2n) is 6.66. The molecule has 2 unspecified atom stereocenters. The highest BCUT2D eigenvalue weighted by atomic mass is 16.5. The van der Waals surface area contributed by atoms with Crippen molar-refractivity contribution in [2.45, 2.75) is 31.7 Å². The Labute approximate surface area is 135 Å². The Morgan fingerprint density at radius 2 is 1.91 bits per heavy atom. The number of benzene rings is 2. The number of rotatable bonds is 2. The van der Waals surface area contributed by atoms with E-state index >= 15 is 0 Å². The lowest BCUT2D eigenvalue weighted by Gasteiger charge is -2.17. The molecule has 0 saturated carbocycles. The summed E-state index contributed by atoms with van der Waals surface area (Å²) in [5.41, 5.74) is 7.50. The van der Waals surface area contributed by atoms with Crippen molar-refractivity contribution in [1.29, 1.82) is 0 Å². The van der Waals surface area contributed by atoms with E-state index in [4.69, 9.17) is 4.74 Å². The Kier molecular flexibility index (Phi) is 2.73. The lowest BCUT2D eigenvalue weighted by molar-refractivity contribution is 0.0720. The van der Waals surface area contributed by atoms with E-state index in [1.165, 1.54) is 33.2 Å². The Hall–Kier alpha value is -2.10. The lowest BCUT2D eigenvalue weighted by atomic mass is 9.86. The van der Waals surface area contributed by atoms with Gasteiger partial charge in [-0.1, -0.05) is 24.3 Å². The van der Waals surface area contributed by atoms with E-state index in [0.717, 1.165) is 18.4 Å². The van der Waals surface area contributed by atoms with Crippen LogP contribution in [0, 0.1) is 0 Å². The molecule has 0 aliphatic carbocycles. The lowest BCUT2D eigenvalue weighted by Crippen LogP contribution is -2.02. The van der Waals surface area contributed by atoms with Gasteiger partial charge >= 0.3 is 0 Å². The van der Waals surface area contributed by atoms with Crippen LogP contribution in [0.25, 0.3) is 22.0 Å². The van der Waals surface area contributed by atoms with Crippen molar-refractivity contribution < 1.29 is 9.84 Å². The highest BCUT2D eigenvalue weighted by Gasteiger charge is 2.40. The number of ether oxygens (including phenoxy) is 1. The molecule has 0 spiro atoms. The third-order valence-electron chi connectivity index (χ3n) is 5.36. The monoisotopic (exact) mass is 305 g/mol. The van der Waals surface area contributed by atoms with Crippen molar-refractivity contribution in [3.05, 3.63) is 59.3 Å². The molecule has 3 aromatic rings. The molecule has 1 N–H and O–H groups in total. The van der Waals surface area contributed by atoms with Crippen LogP contribution in [-0.2, 0) is 18.4 Å². The summed E-state index contributed by atoms with van der Waals surface area (Å²) in [7, 11) is 2.12. The maximum absolute atomic E-state index is 9.25. The van der Waals surface area contributed by atoms with Gasteiger partial charge in [0, 0.05) is 24.2 Å². The van der Waals surface area contributed by atoms with Gasteiger partial charge in [0.2, 0.25) is 0 Å². The van der Waals surface area contributed by atoms with Crippen LogP contribution in [0.4, 0.5) is 0 Å². The number of hydrogen-bond donors (Lipinski definition) is 1. The molecule has 3 nitrogen and oxygen atoms in total. The molecule has 2 bridgehead atoms. The molecule has 1 saturated heterocycles. The third-order valence-corrected chi connectivity index (χ3v) is 5.36. The van der Waals surface area contributed by atoms with Gasteiger partial charge in [-0.3, -0.25) is 0 Å². The fourth-order valence-corrected chi connectivity index (χ4v) is 4.24. The predicted octanol–water partition coefficient (Wildman–Crippen LogP) is 4.24. The minimum absolute atomic E-state index is 0.0861. The van der Waals surface area contributed by atoms with Crippen LogP contribution < -0.4 is 0 Å². The average molecular weight is 305 g/mol. The van der Waals surface area contributed by atoms with Crippen molar-refractivity contribution in [2.24, 2.45) is 7.05 Å². The van der Waals surface area contributed by atoms with E-state index in [0.29, 0.717) is 0 Å². The SMILES string of the molecule is Cn1ccc2c(-c3ccc(CO)cc3)cc3c(c21)C1CCC3O1. The maximum atomic E-state index is 9.25. The van der Waals surface area contributed by atoms with E-state index in [-0.39, 0.29) is 18.8 Å². The molecule has 1 aromatic heterocycles. The number of hydrogen-bond acceptors (Lipinski definition) is 2. The summed E-state index contributed by atoms with van der Waals surface area (Å²) in [6.45, 7) is 0.0861. The van der Waals surface area contributed by atoms with Gasteiger partial charge in [0.05, 0.1) is 24.3 Å². The van der Waals surface area contributed by atoms with E-state index < -0.39 is 0 Å². The zero-order chi connectivity index (χ0) is 15.6. The van der Waals surface area contributed by atoms with Crippen LogP contribution in [0.3, 0.4) is 0 Å². The summed E-state index contributed by atoms with van der Waals surface area (Å²) in [6.07, 6.45) is 4.96. The summed E-state index contributed by atoms with van der Waals surface area (Å²) in [4.78, 5) is 0. The first kappa shape index (κ1) is 13.3. The Morgan fingerprint density at radius 3 is 2.70 bits per heavy atom. The van der Waals surface area contributed by atoms with Gasteiger partial charge in [0.15, 0.2) is 0 Å². The fourth-order valence-electron chi connectivity index (χ4n) is 4.24. The van der Waals surface area contributed by atoms with Gasteiger partial charge in [-0.05, 0) is 47.2 Å². The van der Waals surface area contributed by atoms with Crippen LogP contribution in [0.1, 0.15) is 41.7 Å². The molecule has 5 rings (SSSR count).